The second kappa shape index (κ2) is 7.05. The van der Waals surface area contributed by atoms with Crippen LogP contribution >= 0.6 is 0 Å². The summed E-state index contributed by atoms with van der Waals surface area (Å²) in [6.07, 6.45) is 2.49. The van der Waals surface area contributed by atoms with Gasteiger partial charge in [0, 0.05) is 6.26 Å². The van der Waals surface area contributed by atoms with Crippen LogP contribution in [0.2, 0.25) is 0 Å². The first-order valence-corrected chi connectivity index (χ1v) is 6.91. The molecule has 0 amide bonds. The van der Waals surface area contributed by atoms with E-state index in [1.54, 1.807) is 6.92 Å². The van der Waals surface area contributed by atoms with Crippen molar-refractivity contribution in [2.75, 3.05) is 20.0 Å². The molecule has 0 aromatic carbocycles. The van der Waals surface area contributed by atoms with Gasteiger partial charge in [0.25, 0.3) is 0 Å². The molecule has 1 atom stereocenters. The highest BCUT2D eigenvalue weighted by Gasteiger charge is 2.32. The van der Waals surface area contributed by atoms with Gasteiger partial charge in [0.2, 0.25) is 0 Å². The van der Waals surface area contributed by atoms with Crippen LogP contribution in [0.1, 0.15) is 13.3 Å². The van der Waals surface area contributed by atoms with Crippen LogP contribution in [0.25, 0.3) is 0 Å². The molecule has 0 aliphatic carbocycles. The van der Waals surface area contributed by atoms with Gasteiger partial charge in [-0.25, -0.2) is 13.2 Å². The monoisotopic (exact) mass is 263 g/mol. The number of nitrogens with zero attached hydrogens (tertiary/aromatic N) is 1. The molecule has 17 heavy (non-hydrogen) atoms. The number of allylic oxidation sites excluding steroid dienone is 1. The largest absolute Gasteiger partial charge is 0.461 e. The number of esters is 1. The van der Waals surface area contributed by atoms with Crippen molar-refractivity contribution in [1.29, 1.82) is 0 Å². The summed E-state index contributed by atoms with van der Waals surface area (Å²) >= 11 is 0. The van der Waals surface area contributed by atoms with Crippen molar-refractivity contribution < 1.29 is 22.8 Å². The van der Waals surface area contributed by atoms with E-state index in [4.69, 9.17) is 4.74 Å². The third kappa shape index (κ3) is 4.99. The summed E-state index contributed by atoms with van der Waals surface area (Å²) in [4.78, 5) is 16.0. The number of carbonyl (C=O) groups is 1. The van der Waals surface area contributed by atoms with Gasteiger partial charge in [-0.15, -0.1) is 6.58 Å². The van der Waals surface area contributed by atoms with Crippen LogP contribution in [0, 0.1) is 0 Å². The number of oxime groups is 1. The highest BCUT2D eigenvalue weighted by molar-refractivity contribution is 7.92. The highest BCUT2D eigenvalue weighted by Crippen LogP contribution is 2.10. The third-order valence-corrected chi connectivity index (χ3v) is 3.33. The molecule has 0 radical (unpaired) electrons. The van der Waals surface area contributed by atoms with Gasteiger partial charge >= 0.3 is 5.97 Å². The first kappa shape index (κ1) is 15.6. The lowest BCUT2D eigenvalue weighted by atomic mass is 10.2. The number of ether oxygens (including phenoxy) is 1. The molecule has 0 N–H and O–H groups in total. The predicted molar refractivity (Wildman–Crippen MR) is 64.5 cm³/mol. The van der Waals surface area contributed by atoms with Crippen molar-refractivity contribution in [2.45, 2.75) is 18.6 Å². The van der Waals surface area contributed by atoms with Gasteiger partial charge in [-0.1, -0.05) is 11.2 Å². The minimum Gasteiger partial charge on any atom is -0.461 e. The molecule has 7 heteroatoms. The van der Waals surface area contributed by atoms with Crippen LogP contribution in [0.4, 0.5) is 0 Å². The fourth-order valence-electron chi connectivity index (χ4n) is 1.17. The van der Waals surface area contributed by atoms with Crippen molar-refractivity contribution in [2.24, 2.45) is 5.16 Å². The Kier molecular flexibility index (Phi) is 6.48. The maximum atomic E-state index is 11.6. The van der Waals surface area contributed by atoms with E-state index in [2.05, 4.69) is 16.6 Å². The van der Waals surface area contributed by atoms with Crippen LogP contribution in [-0.2, 0) is 24.2 Å². The standard InChI is InChI=1S/C10H17NO5S/c1-5-7-8(17(4,13)14)9(11-15-3)10(12)16-6-2/h5,8H,1,6-7H2,2-4H3. The molecule has 1 unspecified atom stereocenters. The summed E-state index contributed by atoms with van der Waals surface area (Å²) in [5.41, 5.74) is -0.267. The van der Waals surface area contributed by atoms with E-state index < -0.39 is 21.1 Å². The topological polar surface area (TPSA) is 82.0 Å². The van der Waals surface area contributed by atoms with Crippen molar-refractivity contribution in [3.05, 3.63) is 12.7 Å². The quantitative estimate of drug-likeness (QED) is 0.290. The van der Waals surface area contributed by atoms with Crippen LogP contribution < -0.4 is 0 Å². The Bertz CT molecular complexity index is 399. The van der Waals surface area contributed by atoms with E-state index in [-0.39, 0.29) is 18.7 Å². The average Bonchev–Trinajstić information content (AvgIpc) is 2.22. The molecule has 0 heterocycles. The molecule has 0 aliphatic rings. The van der Waals surface area contributed by atoms with E-state index in [9.17, 15) is 13.2 Å². The zero-order valence-electron chi connectivity index (χ0n) is 10.2. The van der Waals surface area contributed by atoms with Crippen LogP contribution in [0.3, 0.4) is 0 Å². The second-order valence-corrected chi connectivity index (χ2v) is 5.45. The minimum atomic E-state index is -3.49. The highest BCUT2D eigenvalue weighted by atomic mass is 32.2. The Hall–Kier alpha value is -1.37. The Labute approximate surface area is 101 Å². The van der Waals surface area contributed by atoms with Crippen LogP contribution in [-0.4, -0.2) is 45.3 Å². The van der Waals surface area contributed by atoms with E-state index >= 15 is 0 Å². The van der Waals surface area contributed by atoms with E-state index in [1.165, 1.54) is 13.2 Å². The summed E-state index contributed by atoms with van der Waals surface area (Å²) in [5.74, 6) is -0.799. The van der Waals surface area contributed by atoms with Gasteiger partial charge in [-0.3, -0.25) is 0 Å². The van der Waals surface area contributed by atoms with Crippen molar-refractivity contribution >= 4 is 21.5 Å². The van der Waals surface area contributed by atoms with Crippen molar-refractivity contribution in [3.8, 4) is 0 Å². The van der Waals surface area contributed by atoms with E-state index in [1.807, 2.05) is 0 Å². The second-order valence-electron chi connectivity index (χ2n) is 3.22. The van der Waals surface area contributed by atoms with Crippen molar-refractivity contribution in [1.82, 2.24) is 0 Å². The van der Waals surface area contributed by atoms with Gasteiger partial charge in [0.15, 0.2) is 15.5 Å². The molecule has 0 fully saturated rings. The molecule has 0 aliphatic heterocycles. The molecule has 0 spiro atoms. The number of hydrogen-bond donors (Lipinski definition) is 0. The Morgan fingerprint density at radius 1 is 1.53 bits per heavy atom. The molecule has 0 saturated heterocycles. The fourth-order valence-corrected chi connectivity index (χ4v) is 2.20. The van der Waals surface area contributed by atoms with Gasteiger partial charge < -0.3 is 9.57 Å². The molecular weight excluding hydrogens is 246 g/mol. The smallest absolute Gasteiger partial charge is 0.357 e. The van der Waals surface area contributed by atoms with Crippen molar-refractivity contribution in [3.63, 3.8) is 0 Å². The Morgan fingerprint density at radius 2 is 2.12 bits per heavy atom. The van der Waals surface area contributed by atoms with Gasteiger partial charge in [0.1, 0.15) is 12.4 Å². The fraction of sp³-hybridized carbons (Fsp3) is 0.600. The molecule has 98 valence electrons. The predicted octanol–water partition coefficient (Wildman–Crippen LogP) is 0.541. The zero-order valence-corrected chi connectivity index (χ0v) is 11.0. The van der Waals surface area contributed by atoms with Gasteiger partial charge in [0.05, 0.1) is 6.61 Å². The van der Waals surface area contributed by atoms with Gasteiger partial charge in [-0.05, 0) is 13.3 Å². The molecule has 0 rings (SSSR count). The number of sulfone groups is 1. The van der Waals surface area contributed by atoms with Gasteiger partial charge in [-0.2, -0.15) is 0 Å². The molecule has 0 saturated carbocycles. The first-order valence-electron chi connectivity index (χ1n) is 4.96. The first-order chi connectivity index (χ1) is 7.88. The maximum absolute atomic E-state index is 11.6. The molecule has 0 aromatic rings. The summed E-state index contributed by atoms with van der Waals surface area (Å²) in [6, 6.07) is 0. The average molecular weight is 263 g/mol. The number of rotatable bonds is 7. The number of hydrogen-bond acceptors (Lipinski definition) is 6. The Morgan fingerprint density at radius 3 is 2.47 bits per heavy atom. The van der Waals surface area contributed by atoms with E-state index in [0.717, 1.165) is 6.26 Å². The lowest BCUT2D eigenvalue weighted by Gasteiger charge is -2.14. The summed E-state index contributed by atoms with van der Waals surface area (Å²) in [6.45, 7) is 5.20. The molecule has 6 nitrogen and oxygen atoms in total. The lowest BCUT2D eigenvalue weighted by molar-refractivity contribution is -0.135. The normalized spacial score (nSPS) is 13.9. The third-order valence-electron chi connectivity index (χ3n) is 1.88. The lowest BCUT2D eigenvalue weighted by Crippen LogP contribution is -2.36. The SMILES string of the molecule is C=CCC(C(=NOC)C(=O)OCC)S(C)(=O)=O. The zero-order chi connectivity index (χ0) is 13.5. The molecular formula is C10H17NO5S. The van der Waals surface area contributed by atoms with E-state index in [0.29, 0.717) is 0 Å². The maximum Gasteiger partial charge on any atom is 0.357 e. The molecule has 0 bridgehead atoms. The molecule has 0 aromatic heterocycles. The summed E-state index contributed by atoms with van der Waals surface area (Å²) in [5, 5.41) is 2.35. The minimum absolute atomic E-state index is 0.0693. The number of carbonyl (C=O) groups excluding carboxylic acids is 1. The van der Waals surface area contributed by atoms with Crippen LogP contribution in [0.15, 0.2) is 17.8 Å². The summed E-state index contributed by atoms with van der Waals surface area (Å²) in [7, 11) is -2.27. The Balaban J connectivity index is 5.33. The summed E-state index contributed by atoms with van der Waals surface area (Å²) < 4.78 is 27.8. The van der Waals surface area contributed by atoms with Crippen LogP contribution in [0.5, 0.6) is 0 Å².